The van der Waals surface area contributed by atoms with E-state index in [0.29, 0.717) is 18.8 Å². The first-order valence-electron chi connectivity index (χ1n) is 8.82. The Kier molecular flexibility index (Phi) is 13.8. The standard InChI is InChI=1S/C18H33N3O3/c1-15(2)9-8-10-16(3)13-14-19-20-17(22)11-6-4-5-7-12-18(23)21-24/h9,14,16,24H,4-8,10-13H2,1-3H3,(H,20,22)(H,21,23)/b19-14+/t16-/m0/s1. The molecule has 0 aliphatic carbocycles. The largest absolute Gasteiger partial charge is 0.289 e. The van der Waals surface area contributed by atoms with E-state index in [1.165, 1.54) is 5.57 Å². The van der Waals surface area contributed by atoms with Crippen LogP contribution in [0.15, 0.2) is 16.8 Å². The summed E-state index contributed by atoms with van der Waals surface area (Å²) in [6.45, 7) is 6.39. The molecule has 1 atom stereocenters. The third-order valence-electron chi connectivity index (χ3n) is 3.68. The smallest absolute Gasteiger partial charge is 0.243 e. The minimum Gasteiger partial charge on any atom is -0.289 e. The minimum atomic E-state index is -0.364. The summed E-state index contributed by atoms with van der Waals surface area (Å²) in [5.41, 5.74) is 5.50. The minimum absolute atomic E-state index is 0.0726. The fraction of sp³-hybridized carbons (Fsp3) is 0.722. The lowest BCUT2D eigenvalue weighted by atomic mass is 10.0. The van der Waals surface area contributed by atoms with Gasteiger partial charge >= 0.3 is 0 Å². The van der Waals surface area contributed by atoms with Gasteiger partial charge in [0.2, 0.25) is 11.8 Å². The summed E-state index contributed by atoms with van der Waals surface area (Å²) < 4.78 is 0. The van der Waals surface area contributed by atoms with Crippen molar-refractivity contribution in [1.82, 2.24) is 10.9 Å². The number of carbonyl (C=O) groups excluding carboxylic acids is 2. The SMILES string of the molecule is CC(C)=CCC[C@H](C)C/C=N/NC(=O)CCCCCCC(=O)NO. The molecular formula is C18H33N3O3. The lowest BCUT2D eigenvalue weighted by molar-refractivity contribution is -0.129. The number of unbranched alkanes of at least 4 members (excludes halogenated alkanes) is 3. The Hall–Kier alpha value is -1.69. The number of amides is 2. The van der Waals surface area contributed by atoms with Crippen molar-refractivity contribution < 1.29 is 14.8 Å². The monoisotopic (exact) mass is 339 g/mol. The predicted octanol–water partition coefficient (Wildman–Crippen LogP) is 3.71. The summed E-state index contributed by atoms with van der Waals surface area (Å²) in [5.74, 6) is 0.117. The van der Waals surface area contributed by atoms with Gasteiger partial charge in [-0.25, -0.2) is 10.9 Å². The highest BCUT2D eigenvalue weighted by Gasteiger charge is 2.02. The van der Waals surface area contributed by atoms with Gasteiger partial charge in [0.1, 0.15) is 0 Å². The Morgan fingerprint density at radius 1 is 1.08 bits per heavy atom. The molecule has 0 aliphatic rings. The molecule has 0 saturated carbocycles. The maximum Gasteiger partial charge on any atom is 0.243 e. The number of hydrogen-bond donors (Lipinski definition) is 3. The number of nitrogens with one attached hydrogen (secondary N) is 2. The molecule has 6 nitrogen and oxygen atoms in total. The van der Waals surface area contributed by atoms with Crippen molar-refractivity contribution in [3.8, 4) is 0 Å². The van der Waals surface area contributed by atoms with E-state index >= 15 is 0 Å². The van der Waals surface area contributed by atoms with E-state index in [1.54, 1.807) is 11.7 Å². The molecule has 6 heteroatoms. The molecule has 0 radical (unpaired) electrons. The third kappa shape index (κ3) is 15.2. The van der Waals surface area contributed by atoms with Crippen molar-refractivity contribution in [1.29, 1.82) is 0 Å². The molecule has 0 saturated heterocycles. The molecule has 0 heterocycles. The van der Waals surface area contributed by atoms with Crippen LogP contribution in [0.2, 0.25) is 0 Å². The Balaban J connectivity index is 3.57. The van der Waals surface area contributed by atoms with Crippen molar-refractivity contribution in [2.45, 2.75) is 78.6 Å². The molecule has 24 heavy (non-hydrogen) atoms. The second-order valence-electron chi connectivity index (χ2n) is 6.50. The Labute approximate surface area is 145 Å². The van der Waals surface area contributed by atoms with Crippen LogP contribution in [0, 0.1) is 5.92 Å². The summed E-state index contributed by atoms with van der Waals surface area (Å²) in [6.07, 6.45) is 11.1. The van der Waals surface area contributed by atoms with Crippen LogP contribution < -0.4 is 10.9 Å². The summed E-state index contributed by atoms with van der Waals surface area (Å²) in [4.78, 5) is 22.4. The number of hydrogen-bond acceptors (Lipinski definition) is 4. The first-order chi connectivity index (χ1) is 11.5. The Bertz CT molecular complexity index is 416. The Morgan fingerprint density at radius 3 is 2.29 bits per heavy atom. The first kappa shape index (κ1) is 22.3. The molecular weight excluding hydrogens is 306 g/mol. The second kappa shape index (κ2) is 14.9. The summed E-state index contributed by atoms with van der Waals surface area (Å²) in [7, 11) is 0. The van der Waals surface area contributed by atoms with Crippen LogP contribution in [-0.4, -0.2) is 23.2 Å². The van der Waals surface area contributed by atoms with Crippen LogP contribution in [-0.2, 0) is 9.59 Å². The zero-order valence-electron chi connectivity index (χ0n) is 15.3. The van der Waals surface area contributed by atoms with Crippen molar-refractivity contribution in [3.05, 3.63) is 11.6 Å². The van der Waals surface area contributed by atoms with Gasteiger partial charge in [0, 0.05) is 19.1 Å². The number of carbonyl (C=O) groups is 2. The zero-order valence-corrected chi connectivity index (χ0v) is 15.3. The molecule has 0 rings (SSSR count). The van der Waals surface area contributed by atoms with Gasteiger partial charge in [-0.3, -0.25) is 14.8 Å². The average Bonchev–Trinajstić information content (AvgIpc) is 2.54. The quantitative estimate of drug-likeness (QED) is 0.157. The molecule has 0 aromatic carbocycles. The number of nitrogens with zero attached hydrogens (tertiary/aromatic N) is 1. The molecule has 0 aliphatic heterocycles. The second-order valence-corrected chi connectivity index (χ2v) is 6.50. The number of rotatable bonds is 13. The van der Waals surface area contributed by atoms with Crippen LogP contribution in [0.1, 0.15) is 78.6 Å². The van der Waals surface area contributed by atoms with Crippen molar-refractivity contribution in [2.75, 3.05) is 0 Å². The van der Waals surface area contributed by atoms with Crippen LogP contribution >= 0.6 is 0 Å². The lowest BCUT2D eigenvalue weighted by Gasteiger charge is -2.06. The zero-order chi connectivity index (χ0) is 18.2. The molecule has 0 aromatic rings. The molecule has 138 valence electrons. The van der Waals surface area contributed by atoms with E-state index in [4.69, 9.17) is 5.21 Å². The first-order valence-corrected chi connectivity index (χ1v) is 8.82. The molecule has 0 aromatic heterocycles. The summed E-state index contributed by atoms with van der Waals surface area (Å²) >= 11 is 0. The molecule has 2 amide bonds. The lowest BCUT2D eigenvalue weighted by Crippen LogP contribution is -2.18. The number of hydrazone groups is 1. The highest BCUT2D eigenvalue weighted by molar-refractivity contribution is 5.76. The van der Waals surface area contributed by atoms with Gasteiger partial charge in [-0.2, -0.15) is 5.10 Å². The van der Waals surface area contributed by atoms with E-state index in [2.05, 4.69) is 37.4 Å². The molecule has 0 fully saturated rings. The number of hydroxylamine groups is 1. The molecule has 0 bridgehead atoms. The van der Waals surface area contributed by atoms with Crippen LogP contribution in [0.4, 0.5) is 0 Å². The molecule has 3 N–H and O–H groups in total. The van der Waals surface area contributed by atoms with E-state index in [1.807, 2.05) is 0 Å². The van der Waals surface area contributed by atoms with Crippen molar-refractivity contribution in [3.63, 3.8) is 0 Å². The third-order valence-corrected chi connectivity index (χ3v) is 3.68. The van der Waals surface area contributed by atoms with Gasteiger partial charge in [-0.15, -0.1) is 0 Å². The molecule has 0 unspecified atom stereocenters. The summed E-state index contributed by atoms with van der Waals surface area (Å²) in [5, 5.41) is 12.3. The summed E-state index contributed by atoms with van der Waals surface area (Å²) in [6, 6.07) is 0. The van der Waals surface area contributed by atoms with Crippen molar-refractivity contribution >= 4 is 18.0 Å². The van der Waals surface area contributed by atoms with E-state index in [-0.39, 0.29) is 11.8 Å². The normalized spacial score (nSPS) is 12.0. The fourth-order valence-electron chi connectivity index (χ4n) is 2.16. The van der Waals surface area contributed by atoms with Gasteiger partial charge in [-0.05, 0) is 51.9 Å². The van der Waals surface area contributed by atoms with Gasteiger partial charge in [0.15, 0.2) is 0 Å². The topological polar surface area (TPSA) is 90.8 Å². The van der Waals surface area contributed by atoms with E-state index < -0.39 is 0 Å². The van der Waals surface area contributed by atoms with Gasteiger partial charge in [0.05, 0.1) is 0 Å². The fourth-order valence-corrected chi connectivity index (χ4v) is 2.16. The van der Waals surface area contributed by atoms with E-state index in [9.17, 15) is 9.59 Å². The van der Waals surface area contributed by atoms with Crippen LogP contribution in [0.3, 0.4) is 0 Å². The highest BCUT2D eigenvalue weighted by Crippen LogP contribution is 2.10. The van der Waals surface area contributed by atoms with E-state index in [0.717, 1.165) is 44.9 Å². The average molecular weight is 339 g/mol. The maximum absolute atomic E-state index is 11.6. The molecule has 0 spiro atoms. The van der Waals surface area contributed by atoms with Gasteiger partial charge in [-0.1, -0.05) is 31.4 Å². The van der Waals surface area contributed by atoms with Crippen molar-refractivity contribution in [2.24, 2.45) is 11.0 Å². The predicted molar refractivity (Wildman–Crippen MR) is 96.7 cm³/mol. The van der Waals surface area contributed by atoms with Crippen LogP contribution in [0.25, 0.3) is 0 Å². The van der Waals surface area contributed by atoms with Crippen LogP contribution in [0.5, 0.6) is 0 Å². The van der Waals surface area contributed by atoms with Gasteiger partial charge in [0.25, 0.3) is 0 Å². The maximum atomic E-state index is 11.6. The number of allylic oxidation sites excluding steroid dienone is 2. The van der Waals surface area contributed by atoms with Gasteiger partial charge < -0.3 is 0 Å². The highest BCUT2D eigenvalue weighted by atomic mass is 16.5. The Morgan fingerprint density at radius 2 is 1.71 bits per heavy atom.